The quantitative estimate of drug-likeness (QED) is 0.578. The van der Waals surface area contributed by atoms with Gasteiger partial charge in [-0.15, -0.1) is 10.2 Å². The van der Waals surface area contributed by atoms with E-state index in [-0.39, 0.29) is 6.03 Å². The highest BCUT2D eigenvalue weighted by molar-refractivity contribution is 6.00. The normalized spacial score (nSPS) is 14.4. The van der Waals surface area contributed by atoms with Crippen molar-refractivity contribution in [3.63, 3.8) is 0 Å². The van der Waals surface area contributed by atoms with E-state index in [4.69, 9.17) is 0 Å². The van der Waals surface area contributed by atoms with Crippen LogP contribution in [-0.2, 0) is 0 Å². The number of anilines is 3. The summed E-state index contributed by atoms with van der Waals surface area (Å²) in [6.07, 6.45) is 2.39. The molecule has 0 aliphatic carbocycles. The molecule has 1 aliphatic heterocycles. The minimum absolute atomic E-state index is 0.275. The monoisotopic (exact) mass is 415 g/mol. The number of rotatable bonds is 4. The Bertz CT molecular complexity index is 1040. The van der Waals surface area contributed by atoms with Crippen LogP contribution >= 0.6 is 0 Å². The van der Waals surface area contributed by atoms with Crippen LogP contribution < -0.4 is 15.5 Å². The third-order valence-corrected chi connectivity index (χ3v) is 5.65. The van der Waals surface area contributed by atoms with Crippen molar-refractivity contribution in [2.24, 2.45) is 5.92 Å². The number of carbonyl (C=O) groups is 1. The highest BCUT2D eigenvalue weighted by atomic mass is 16.2. The number of amides is 2. The number of urea groups is 1. The van der Waals surface area contributed by atoms with Crippen LogP contribution in [0.2, 0.25) is 0 Å². The first-order valence-corrected chi connectivity index (χ1v) is 10.8. The number of benzene rings is 2. The summed E-state index contributed by atoms with van der Waals surface area (Å²) in [6.45, 7) is 8.39. The van der Waals surface area contributed by atoms with Crippen LogP contribution in [0.4, 0.5) is 22.0 Å². The van der Waals surface area contributed by atoms with Gasteiger partial charge in [-0.25, -0.2) is 4.79 Å². The maximum Gasteiger partial charge on any atom is 0.323 e. The van der Waals surface area contributed by atoms with E-state index < -0.39 is 0 Å². The number of carbonyl (C=O) groups excluding carboxylic acids is 1. The van der Waals surface area contributed by atoms with Gasteiger partial charge in [-0.05, 0) is 80.1 Å². The average molecular weight is 416 g/mol. The highest BCUT2D eigenvalue weighted by Crippen LogP contribution is 2.24. The van der Waals surface area contributed by atoms with Gasteiger partial charge in [-0.3, -0.25) is 0 Å². The summed E-state index contributed by atoms with van der Waals surface area (Å²) in [4.78, 5) is 14.7. The van der Waals surface area contributed by atoms with Gasteiger partial charge >= 0.3 is 6.03 Å². The number of aromatic nitrogens is 2. The molecule has 1 aromatic heterocycles. The van der Waals surface area contributed by atoms with Gasteiger partial charge in [-0.2, -0.15) is 0 Å². The molecule has 1 aliphatic rings. The molecule has 1 fully saturated rings. The number of piperidine rings is 1. The number of nitrogens with one attached hydrogen (secondary N) is 2. The Balaban J connectivity index is 1.42. The zero-order valence-corrected chi connectivity index (χ0v) is 18.4. The third kappa shape index (κ3) is 5.40. The van der Waals surface area contributed by atoms with E-state index in [1.54, 1.807) is 0 Å². The summed E-state index contributed by atoms with van der Waals surface area (Å²) in [5.41, 5.74) is 5.40. The van der Waals surface area contributed by atoms with Crippen molar-refractivity contribution in [2.45, 2.75) is 33.6 Å². The molecule has 0 spiro atoms. The van der Waals surface area contributed by atoms with E-state index >= 15 is 0 Å². The number of nitrogens with zero attached hydrogens (tertiary/aromatic N) is 3. The van der Waals surface area contributed by atoms with Crippen molar-refractivity contribution in [3.05, 3.63) is 65.7 Å². The van der Waals surface area contributed by atoms with Gasteiger partial charge in [0, 0.05) is 30.0 Å². The zero-order chi connectivity index (χ0) is 21.8. The second-order valence-corrected chi connectivity index (χ2v) is 8.48. The first-order chi connectivity index (χ1) is 15.0. The maximum absolute atomic E-state index is 12.4. The van der Waals surface area contributed by atoms with Crippen LogP contribution in [0.15, 0.2) is 54.6 Å². The smallest absolute Gasteiger partial charge is 0.323 e. The molecule has 2 heterocycles. The van der Waals surface area contributed by atoms with Crippen molar-refractivity contribution >= 4 is 23.2 Å². The van der Waals surface area contributed by atoms with E-state index in [2.05, 4.69) is 38.7 Å². The van der Waals surface area contributed by atoms with Crippen LogP contribution in [0, 0.1) is 19.8 Å². The largest absolute Gasteiger partial charge is 0.355 e. The fraction of sp³-hybridized carbons (Fsp3) is 0.320. The molecule has 0 saturated carbocycles. The van der Waals surface area contributed by atoms with Gasteiger partial charge < -0.3 is 15.5 Å². The SMILES string of the molecule is Cc1cc(C)cc(NC(=O)Nc2cccc(-c3ccc(N4CCC(C)CC4)nn3)c2)c1. The van der Waals surface area contributed by atoms with E-state index in [1.807, 2.05) is 62.4 Å². The van der Waals surface area contributed by atoms with Crippen molar-refractivity contribution in [1.29, 1.82) is 0 Å². The fourth-order valence-electron chi connectivity index (χ4n) is 3.98. The maximum atomic E-state index is 12.4. The Labute approximate surface area is 183 Å². The molecule has 0 bridgehead atoms. The van der Waals surface area contributed by atoms with Crippen LogP contribution in [-0.4, -0.2) is 29.3 Å². The summed E-state index contributed by atoms with van der Waals surface area (Å²) in [5.74, 6) is 1.71. The number of aryl methyl sites for hydroxylation is 2. The van der Waals surface area contributed by atoms with Gasteiger partial charge in [0.05, 0.1) is 5.69 Å². The fourth-order valence-corrected chi connectivity index (χ4v) is 3.98. The third-order valence-electron chi connectivity index (χ3n) is 5.65. The van der Waals surface area contributed by atoms with Crippen molar-refractivity contribution in [1.82, 2.24) is 10.2 Å². The lowest BCUT2D eigenvalue weighted by Gasteiger charge is -2.30. The lowest BCUT2D eigenvalue weighted by atomic mass is 9.99. The molecular weight excluding hydrogens is 386 g/mol. The molecule has 2 aromatic carbocycles. The molecule has 6 heteroatoms. The Morgan fingerprint density at radius 3 is 2.29 bits per heavy atom. The summed E-state index contributed by atoms with van der Waals surface area (Å²) < 4.78 is 0. The molecule has 2 N–H and O–H groups in total. The first-order valence-electron chi connectivity index (χ1n) is 10.8. The second-order valence-electron chi connectivity index (χ2n) is 8.48. The highest BCUT2D eigenvalue weighted by Gasteiger charge is 2.17. The molecule has 3 aromatic rings. The van der Waals surface area contributed by atoms with E-state index in [9.17, 15) is 4.79 Å². The number of hydrogen-bond donors (Lipinski definition) is 2. The number of hydrogen-bond acceptors (Lipinski definition) is 4. The van der Waals surface area contributed by atoms with Crippen molar-refractivity contribution in [3.8, 4) is 11.3 Å². The minimum atomic E-state index is -0.275. The predicted molar refractivity (Wildman–Crippen MR) is 127 cm³/mol. The Morgan fingerprint density at radius 2 is 1.61 bits per heavy atom. The van der Waals surface area contributed by atoms with Gasteiger partial charge in [0.25, 0.3) is 0 Å². The van der Waals surface area contributed by atoms with Crippen molar-refractivity contribution in [2.75, 3.05) is 28.6 Å². The minimum Gasteiger partial charge on any atom is -0.355 e. The molecule has 6 nitrogen and oxygen atoms in total. The Hall–Kier alpha value is -3.41. The van der Waals surface area contributed by atoms with Crippen LogP contribution in [0.25, 0.3) is 11.3 Å². The molecule has 160 valence electrons. The molecule has 0 atom stereocenters. The summed E-state index contributed by atoms with van der Waals surface area (Å²) in [7, 11) is 0. The van der Waals surface area contributed by atoms with Crippen LogP contribution in [0.5, 0.6) is 0 Å². The van der Waals surface area contributed by atoms with Gasteiger partial charge in [-0.1, -0.05) is 25.1 Å². The molecule has 31 heavy (non-hydrogen) atoms. The predicted octanol–water partition coefficient (Wildman–Crippen LogP) is 5.64. The molecule has 0 unspecified atom stereocenters. The molecule has 4 rings (SSSR count). The van der Waals surface area contributed by atoms with Gasteiger partial charge in [0.1, 0.15) is 0 Å². The van der Waals surface area contributed by atoms with E-state index in [0.717, 1.165) is 52.9 Å². The molecular formula is C25H29N5O. The topological polar surface area (TPSA) is 70.2 Å². The second kappa shape index (κ2) is 9.16. The van der Waals surface area contributed by atoms with E-state index in [1.165, 1.54) is 12.8 Å². The van der Waals surface area contributed by atoms with Crippen LogP contribution in [0.3, 0.4) is 0 Å². The standard InChI is InChI=1S/C25H29N5O/c1-17-9-11-30(12-10-17)24-8-7-23(28-29-24)20-5-4-6-21(16-20)26-25(31)27-22-14-18(2)13-19(3)15-22/h4-8,13-17H,9-12H2,1-3H3,(H2,26,27,31). The van der Waals surface area contributed by atoms with Gasteiger partial charge in [0.2, 0.25) is 0 Å². The van der Waals surface area contributed by atoms with Crippen LogP contribution in [0.1, 0.15) is 30.9 Å². The first kappa shape index (κ1) is 20.8. The summed E-state index contributed by atoms with van der Waals surface area (Å²) >= 11 is 0. The lowest BCUT2D eigenvalue weighted by molar-refractivity contribution is 0.262. The average Bonchev–Trinajstić information content (AvgIpc) is 2.74. The lowest BCUT2D eigenvalue weighted by Crippen LogP contribution is -2.33. The molecule has 2 amide bonds. The molecule has 1 saturated heterocycles. The molecule has 0 radical (unpaired) electrons. The zero-order valence-electron chi connectivity index (χ0n) is 18.4. The van der Waals surface area contributed by atoms with Gasteiger partial charge in [0.15, 0.2) is 5.82 Å². The summed E-state index contributed by atoms with van der Waals surface area (Å²) in [6, 6.07) is 17.4. The Kier molecular flexibility index (Phi) is 6.16. The summed E-state index contributed by atoms with van der Waals surface area (Å²) in [5, 5.41) is 14.7. The van der Waals surface area contributed by atoms with E-state index in [0.29, 0.717) is 5.69 Å². The Morgan fingerprint density at radius 1 is 0.903 bits per heavy atom. The van der Waals surface area contributed by atoms with Crippen molar-refractivity contribution < 1.29 is 4.79 Å².